The van der Waals surface area contributed by atoms with Gasteiger partial charge in [-0.3, -0.25) is 25.0 Å². The van der Waals surface area contributed by atoms with Crippen molar-refractivity contribution in [3.05, 3.63) is 56.5 Å². The van der Waals surface area contributed by atoms with Crippen LogP contribution in [0.4, 0.5) is 10.1 Å². The molecule has 3 rings (SSSR count). The van der Waals surface area contributed by atoms with Crippen molar-refractivity contribution in [2.45, 2.75) is 39.2 Å². The number of hydrogen-bond acceptors (Lipinski definition) is 7. The van der Waals surface area contributed by atoms with Crippen LogP contribution in [0.15, 0.2) is 35.3 Å². The number of pyridine rings is 1. The van der Waals surface area contributed by atoms with E-state index in [2.05, 4.69) is 17.2 Å². The van der Waals surface area contributed by atoms with Crippen molar-refractivity contribution >= 4 is 38.3 Å². The van der Waals surface area contributed by atoms with Crippen LogP contribution in [0.2, 0.25) is 0 Å². The Balaban J connectivity index is 2.00. The van der Waals surface area contributed by atoms with E-state index in [9.17, 15) is 24.8 Å². The summed E-state index contributed by atoms with van der Waals surface area (Å²) in [4.78, 5) is 39.7. The van der Waals surface area contributed by atoms with Crippen LogP contribution in [0.25, 0.3) is 10.9 Å². The highest BCUT2D eigenvalue weighted by molar-refractivity contribution is 7.18. The van der Waals surface area contributed by atoms with Gasteiger partial charge in [-0.15, -0.1) is 0 Å². The molecule has 1 amide bonds. The lowest BCUT2D eigenvalue weighted by Crippen LogP contribution is -2.30. The van der Waals surface area contributed by atoms with Crippen molar-refractivity contribution in [2.24, 2.45) is 0 Å². The summed E-state index contributed by atoms with van der Waals surface area (Å²) in [7, 11) is 0. The molecule has 0 fully saturated rings. The third-order valence-corrected chi connectivity index (χ3v) is 5.37. The maximum absolute atomic E-state index is 13.0. The summed E-state index contributed by atoms with van der Waals surface area (Å²) in [6, 6.07) is 6.83. The summed E-state index contributed by atoms with van der Waals surface area (Å²) in [6.07, 6.45) is 4.83. The average Bonchev–Trinajstić information content (AvgIpc) is 3.16. The topological polar surface area (TPSA) is 127 Å². The maximum Gasteiger partial charge on any atom is 0.345 e. The van der Waals surface area contributed by atoms with Crippen molar-refractivity contribution in [3.63, 3.8) is 0 Å². The summed E-state index contributed by atoms with van der Waals surface area (Å²) in [5.74, 6) is -1.27. The zero-order valence-corrected chi connectivity index (χ0v) is 16.6. The largest absolute Gasteiger partial charge is 0.506 e. The second-order valence-corrected chi connectivity index (χ2v) is 7.48. The van der Waals surface area contributed by atoms with Gasteiger partial charge < -0.3 is 9.67 Å². The van der Waals surface area contributed by atoms with E-state index in [0.29, 0.717) is 28.8 Å². The second kappa shape index (κ2) is 8.82. The molecule has 0 aliphatic heterocycles. The van der Waals surface area contributed by atoms with Gasteiger partial charge in [0, 0.05) is 11.9 Å². The SMILES string of the molecule is CCCCCCn1c(=O)c(C(=O)Nc2ncc([N+](=O)[O-])s2)c(O)c2ccccc21. The Bertz CT molecular complexity index is 1120. The maximum atomic E-state index is 13.0. The standard InChI is InChI=1S/C19H20N4O5S/c1-2-3-4-7-10-22-13-9-6-5-8-12(13)16(24)15(18(22)26)17(25)21-19-20-11-14(29-19)23(27)28/h5-6,8-9,11,24H,2-4,7,10H2,1H3,(H,20,21,25). The number of carbonyl (C=O) groups excluding carboxylic acids is 1. The molecule has 152 valence electrons. The molecule has 2 N–H and O–H groups in total. The van der Waals surface area contributed by atoms with Gasteiger partial charge in [0.15, 0.2) is 5.13 Å². The van der Waals surface area contributed by atoms with Crippen LogP contribution in [0.3, 0.4) is 0 Å². The highest BCUT2D eigenvalue weighted by Crippen LogP contribution is 2.29. The fraction of sp³-hybridized carbons (Fsp3) is 0.316. The molecular formula is C19H20N4O5S. The van der Waals surface area contributed by atoms with E-state index in [1.54, 1.807) is 24.3 Å². The quantitative estimate of drug-likeness (QED) is 0.326. The Hall–Kier alpha value is -3.27. The van der Waals surface area contributed by atoms with Crippen molar-refractivity contribution in [1.29, 1.82) is 0 Å². The number of nitrogens with one attached hydrogen (secondary N) is 1. The van der Waals surface area contributed by atoms with Gasteiger partial charge in [0.25, 0.3) is 11.5 Å². The first-order valence-corrected chi connectivity index (χ1v) is 10.0. The third kappa shape index (κ3) is 4.27. The first-order valence-electron chi connectivity index (χ1n) is 9.20. The molecule has 29 heavy (non-hydrogen) atoms. The summed E-state index contributed by atoms with van der Waals surface area (Å²) in [6.45, 7) is 2.51. The number of carbonyl (C=O) groups is 1. The number of para-hydroxylation sites is 1. The number of benzene rings is 1. The van der Waals surface area contributed by atoms with Gasteiger partial charge in [-0.1, -0.05) is 38.3 Å². The van der Waals surface area contributed by atoms with E-state index in [1.165, 1.54) is 4.57 Å². The van der Waals surface area contributed by atoms with Gasteiger partial charge in [0.2, 0.25) is 0 Å². The number of rotatable bonds is 8. The third-order valence-electron chi connectivity index (χ3n) is 4.50. The van der Waals surface area contributed by atoms with Crippen LogP contribution in [0.5, 0.6) is 5.75 Å². The Kier molecular flexibility index (Phi) is 6.23. The molecule has 10 heteroatoms. The van der Waals surface area contributed by atoms with Crippen molar-refractivity contribution in [2.75, 3.05) is 5.32 Å². The van der Waals surface area contributed by atoms with Crippen LogP contribution in [0.1, 0.15) is 43.0 Å². The molecular weight excluding hydrogens is 396 g/mol. The van der Waals surface area contributed by atoms with E-state index in [-0.39, 0.29) is 10.1 Å². The number of anilines is 1. The fourth-order valence-electron chi connectivity index (χ4n) is 3.08. The minimum Gasteiger partial charge on any atom is -0.506 e. The summed E-state index contributed by atoms with van der Waals surface area (Å²) >= 11 is 0.670. The fourth-order valence-corrected chi connectivity index (χ4v) is 3.71. The first-order chi connectivity index (χ1) is 13.9. The highest BCUT2D eigenvalue weighted by Gasteiger charge is 2.23. The number of unbranched alkanes of at least 4 members (excludes halogenated alkanes) is 3. The molecule has 3 aromatic rings. The van der Waals surface area contributed by atoms with Gasteiger partial charge in [-0.05, 0) is 29.9 Å². The Morgan fingerprint density at radius 3 is 2.76 bits per heavy atom. The number of aromatic hydroxyl groups is 1. The van der Waals surface area contributed by atoms with Crippen LogP contribution in [-0.4, -0.2) is 25.5 Å². The zero-order chi connectivity index (χ0) is 21.0. The molecule has 0 atom stereocenters. The molecule has 1 aromatic carbocycles. The predicted molar refractivity (Wildman–Crippen MR) is 111 cm³/mol. The second-order valence-electron chi connectivity index (χ2n) is 6.47. The molecule has 0 bridgehead atoms. The van der Waals surface area contributed by atoms with Gasteiger partial charge in [-0.25, -0.2) is 4.98 Å². The monoisotopic (exact) mass is 416 g/mol. The first kappa shape index (κ1) is 20.5. The number of thiazole rings is 1. The molecule has 0 radical (unpaired) electrons. The van der Waals surface area contributed by atoms with Gasteiger partial charge in [0.1, 0.15) is 17.5 Å². The molecule has 0 spiro atoms. The van der Waals surface area contributed by atoms with Gasteiger partial charge in [0.05, 0.1) is 10.4 Å². The zero-order valence-electron chi connectivity index (χ0n) is 15.8. The van der Waals surface area contributed by atoms with Gasteiger partial charge in [-0.2, -0.15) is 0 Å². The molecule has 0 unspecified atom stereocenters. The van der Waals surface area contributed by atoms with Crippen LogP contribution >= 0.6 is 11.3 Å². The number of aromatic nitrogens is 2. The number of hydrogen-bond donors (Lipinski definition) is 2. The summed E-state index contributed by atoms with van der Waals surface area (Å²) < 4.78 is 1.49. The predicted octanol–water partition coefficient (Wildman–Crippen LogP) is 3.90. The Labute approximate surface area is 169 Å². The average molecular weight is 416 g/mol. The molecule has 0 aliphatic rings. The molecule has 9 nitrogen and oxygen atoms in total. The molecule has 0 saturated carbocycles. The molecule has 0 saturated heterocycles. The number of amides is 1. The lowest BCUT2D eigenvalue weighted by Gasteiger charge is -2.14. The van der Waals surface area contributed by atoms with Crippen molar-refractivity contribution < 1.29 is 14.8 Å². The number of aryl methyl sites for hydroxylation is 1. The van der Waals surface area contributed by atoms with Crippen molar-refractivity contribution in [1.82, 2.24) is 9.55 Å². The highest BCUT2D eigenvalue weighted by atomic mass is 32.1. The summed E-state index contributed by atoms with van der Waals surface area (Å²) in [5.41, 5.74) is -0.466. The van der Waals surface area contributed by atoms with Crippen LogP contribution in [0, 0.1) is 10.1 Å². The Morgan fingerprint density at radius 2 is 2.07 bits per heavy atom. The van der Waals surface area contributed by atoms with E-state index in [4.69, 9.17) is 0 Å². The molecule has 2 aromatic heterocycles. The van der Waals surface area contributed by atoms with Crippen LogP contribution < -0.4 is 10.9 Å². The number of nitro groups is 1. The van der Waals surface area contributed by atoms with E-state index in [1.807, 2.05) is 0 Å². The lowest BCUT2D eigenvalue weighted by molar-refractivity contribution is -0.380. The number of fused-ring (bicyclic) bond motifs is 1. The summed E-state index contributed by atoms with van der Waals surface area (Å²) in [5, 5.41) is 23.9. The van der Waals surface area contributed by atoms with Gasteiger partial charge >= 0.3 is 5.00 Å². The van der Waals surface area contributed by atoms with E-state index >= 15 is 0 Å². The van der Waals surface area contributed by atoms with E-state index < -0.39 is 27.7 Å². The Morgan fingerprint density at radius 1 is 1.31 bits per heavy atom. The number of nitrogens with zero attached hydrogens (tertiary/aromatic N) is 3. The normalized spacial score (nSPS) is 10.9. The minimum absolute atomic E-state index is 0.0249. The lowest BCUT2D eigenvalue weighted by atomic mass is 10.1. The van der Waals surface area contributed by atoms with Crippen molar-refractivity contribution in [3.8, 4) is 5.75 Å². The van der Waals surface area contributed by atoms with Crippen LogP contribution in [-0.2, 0) is 6.54 Å². The molecule has 2 heterocycles. The van der Waals surface area contributed by atoms with E-state index in [0.717, 1.165) is 31.9 Å². The smallest absolute Gasteiger partial charge is 0.345 e. The molecule has 0 aliphatic carbocycles. The minimum atomic E-state index is -0.857.